The summed E-state index contributed by atoms with van der Waals surface area (Å²) in [5.74, 6) is -0.756. The summed E-state index contributed by atoms with van der Waals surface area (Å²) in [6.07, 6.45) is 4.38. The molecule has 1 aromatic rings. The first-order chi connectivity index (χ1) is 10.5. The Balaban J connectivity index is 1.79. The van der Waals surface area contributed by atoms with Crippen LogP contribution in [-0.4, -0.2) is 24.1 Å². The van der Waals surface area contributed by atoms with E-state index in [0.717, 1.165) is 25.7 Å². The van der Waals surface area contributed by atoms with Crippen molar-refractivity contribution in [1.29, 1.82) is 0 Å². The highest BCUT2D eigenvalue weighted by Crippen LogP contribution is 2.17. The molecule has 120 valence electrons. The molecule has 0 bridgehead atoms. The van der Waals surface area contributed by atoms with Gasteiger partial charge in [-0.25, -0.2) is 9.18 Å². The highest BCUT2D eigenvalue weighted by molar-refractivity contribution is 5.96. The third-order valence-corrected chi connectivity index (χ3v) is 3.66. The van der Waals surface area contributed by atoms with Crippen LogP contribution in [0.1, 0.15) is 39.0 Å². The summed E-state index contributed by atoms with van der Waals surface area (Å²) in [6, 6.07) is 5.13. The van der Waals surface area contributed by atoms with Crippen molar-refractivity contribution in [1.82, 2.24) is 10.6 Å². The SMILES string of the molecule is C[C@@H](Oc1cccc(F)c1)C(=O)NC(=O)NC1CCCCC1. The number of carbonyl (C=O) groups excluding carboxylic acids is 2. The van der Waals surface area contributed by atoms with E-state index in [1.54, 1.807) is 6.07 Å². The van der Waals surface area contributed by atoms with Crippen molar-refractivity contribution in [2.75, 3.05) is 0 Å². The summed E-state index contributed by atoms with van der Waals surface area (Å²) in [6.45, 7) is 1.51. The van der Waals surface area contributed by atoms with Gasteiger partial charge < -0.3 is 10.1 Å². The number of hydrogen-bond donors (Lipinski definition) is 2. The second-order valence-electron chi connectivity index (χ2n) is 5.52. The molecule has 1 saturated carbocycles. The van der Waals surface area contributed by atoms with Gasteiger partial charge in [-0.05, 0) is 31.9 Å². The van der Waals surface area contributed by atoms with Gasteiger partial charge in [0, 0.05) is 12.1 Å². The molecule has 22 heavy (non-hydrogen) atoms. The van der Waals surface area contributed by atoms with E-state index >= 15 is 0 Å². The minimum Gasteiger partial charge on any atom is -0.481 e. The number of carbonyl (C=O) groups is 2. The van der Waals surface area contributed by atoms with Crippen LogP contribution in [-0.2, 0) is 4.79 Å². The zero-order valence-electron chi connectivity index (χ0n) is 12.6. The van der Waals surface area contributed by atoms with E-state index in [2.05, 4.69) is 10.6 Å². The van der Waals surface area contributed by atoms with Gasteiger partial charge in [-0.2, -0.15) is 0 Å². The number of amides is 3. The van der Waals surface area contributed by atoms with Crippen LogP contribution in [0.4, 0.5) is 9.18 Å². The van der Waals surface area contributed by atoms with Crippen molar-refractivity contribution in [2.24, 2.45) is 0 Å². The van der Waals surface area contributed by atoms with Gasteiger partial charge in [0.15, 0.2) is 6.10 Å². The quantitative estimate of drug-likeness (QED) is 0.898. The van der Waals surface area contributed by atoms with E-state index < -0.39 is 23.9 Å². The second-order valence-corrected chi connectivity index (χ2v) is 5.52. The van der Waals surface area contributed by atoms with Crippen molar-refractivity contribution in [3.63, 3.8) is 0 Å². The first-order valence-electron chi connectivity index (χ1n) is 7.58. The van der Waals surface area contributed by atoms with E-state index in [1.807, 2.05) is 0 Å². The maximum Gasteiger partial charge on any atom is 0.321 e. The fraction of sp³-hybridized carbons (Fsp3) is 0.500. The lowest BCUT2D eigenvalue weighted by molar-refractivity contribution is -0.126. The van der Waals surface area contributed by atoms with Gasteiger partial charge >= 0.3 is 6.03 Å². The van der Waals surface area contributed by atoms with Crippen molar-refractivity contribution in [3.05, 3.63) is 30.1 Å². The molecule has 0 heterocycles. The van der Waals surface area contributed by atoms with Gasteiger partial charge in [0.2, 0.25) is 0 Å². The third kappa shape index (κ3) is 5.02. The molecule has 0 aliphatic heterocycles. The van der Waals surface area contributed by atoms with Crippen LogP contribution in [0.5, 0.6) is 5.75 Å². The molecule has 0 saturated heterocycles. The van der Waals surface area contributed by atoms with E-state index in [-0.39, 0.29) is 11.8 Å². The highest BCUT2D eigenvalue weighted by atomic mass is 19.1. The number of halogens is 1. The van der Waals surface area contributed by atoms with Gasteiger partial charge in [-0.15, -0.1) is 0 Å². The molecule has 0 spiro atoms. The van der Waals surface area contributed by atoms with Crippen LogP contribution in [0.2, 0.25) is 0 Å². The van der Waals surface area contributed by atoms with Crippen LogP contribution in [0.15, 0.2) is 24.3 Å². The van der Waals surface area contributed by atoms with Crippen molar-refractivity contribution < 1.29 is 18.7 Å². The number of urea groups is 1. The zero-order valence-corrected chi connectivity index (χ0v) is 12.6. The normalized spacial score (nSPS) is 16.6. The molecule has 1 aliphatic carbocycles. The number of rotatable bonds is 4. The summed E-state index contributed by atoms with van der Waals surface area (Å²) in [5, 5.41) is 5.05. The molecular formula is C16H21FN2O3. The molecular weight excluding hydrogens is 287 g/mol. The van der Waals surface area contributed by atoms with Gasteiger partial charge in [0.1, 0.15) is 11.6 Å². The van der Waals surface area contributed by atoms with Gasteiger partial charge in [-0.3, -0.25) is 10.1 Å². The Bertz CT molecular complexity index is 530. The standard InChI is InChI=1S/C16H21FN2O3/c1-11(22-14-9-5-6-12(17)10-14)15(20)19-16(21)18-13-7-3-2-4-8-13/h5-6,9-11,13H,2-4,7-8H2,1H3,(H2,18,19,20,21)/t11-/m1/s1. The van der Waals surface area contributed by atoms with E-state index in [4.69, 9.17) is 4.74 Å². The molecule has 0 aromatic heterocycles. The largest absolute Gasteiger partial charge is 0.481 e. The molecule has 3 amide bonds. The van der Waals surface area contributed by atoms with Crippen LogP contribution in [0.3, 0.4) is 0 Å². The zero-order chi connectivity index (χ0) is 15.9. The Hall–Kier alpha value is -2.11. The molecule has 0 unspecified atom stereocenters. The maximum absolute atomic E-state index is 13.0. The lowest BCUT2D eigenvalue weighted by atomic mass is 9.96. The number of imide groups is 1. The van der Waals surface area contributed by atoms with Crippen molar-refractivity contribution in [3.8, 4) is 5.75 Å². The molecule has 5 nitrogen and oxygen atoms in total. The molecule has 1 aromatic carbocycles. The summed E-state index contributed by atoms with van der Waals surface area (Å²) in [4.78, 5) is 23.7. The predicted molar refractivity (Wildman–Crippen MR) is 80.0 cm³/mol. The Labute approximate surface area is 129 Å². The summed E-state index contributed by atoms with van der Waals surface area (Å²) >= 11 is 0. The first-order valence-corrected chi connectivity index (χ1v) is 7.58. The monoisotopic (exact) mass is 308 g/mol. The molecule has 2 rings (SSSR count). The van der Waals surface area contributed by atoms with Crippen LogP contribution in [0.25, 0.3) is 0 Å². The van der Waals surface area contributed by atoms with Gasteiger partial charge in [-0.1, -0.05) is 25.3 Å². The van der Waals surface area contributed by atoms with Crippen LogP contribution >= 0.6 is 0 Å². The molecule has 6 heteroatoms. The average molecular weight is 308 g/mol. The molecule has 0 radical (unpaired) electrons. The Morgan fingerprint density at radius 2 is 2.00 bits per heavy atom. The lowest BCUT2D eigenvalue weighted by Crippen LogP contribution is -2.48. The van der Waals surface area contributed by atoms with Crippen LogP contribution < -0.4 is 15.4 Å². The lowest BCUT2D eigenvalue weighted by Gasteiger charge is -2.23. The minimum atomic E-state index is -0.890. The predicted octanol–water partition coefficient (Wildman–Crippen LogP) is 2.75. The van der Waals surface area contributed by atoms with Gasteiger partial charge in [0.25, 0.3) is 5.91 Å². The average Bonchev–Trinajstić information content (AvgIpc) is 2.48. The third-order valence-electron chi connectivity index (χ3n) is 3.66. The van der Waals surface area contributed by atoms with Crippen LogP contribution in [0, 0.1) is 5.82 Å². The van der Waals surface area contributed by atoms with E-state index in [0.29, 0.717) is 0 Å². The Kier molecular flexibility index (Phi) is 5.75. The smallest absolute Gasteiger partial charge is 0.321 e. The number of benzene rings is 1. The maximum atomic E-state index is 13.0. The Morgan fingerprint density at radius 1 is 1.27 bits per heavy atom. The number of nitrogens with one attached hydrogen (secondary N) is 2. The molecule has 1 fully saturated rings. The summed E-state index contributed by atoms with van der Waals surface area (Å²) in [5.41, 5.74) is 0. The fourth-order valence-electron chi connectivity index (χ4n) is 2.48. The molecule has 1 aliphatic rings. The van der Waals surface area contributed by atoms with Gasteiger partial charge in [0.05, 0.1) is 0 Å². The molecule has 2 N–H and O–H groups in total. The number of hydrogen-bond acceptors (Lipinski definition) is 3. The Morgan fingerprint density at radius 3 is 2.68 bits per heavy atom. The fourth-order valence-corrected chi connectivity index (χ4v) is 2.48. The first kappa shape index (κ1) is 16.3. The topological polar surface area (TPSA) is 67.4 Å². The minimum absolute atomic E-state index is 0.126. The van der Waals surface area contributed by atoms with E-state index in [1.165, 1.54) is 31.5 Å². The van der Waals surface area contributed by atoms with Crippen molar-refractivity contribution in [2.45, 2.75) is 51.2 Å². The van der Waals surface area contributed by atoms with Crippen molar-refractivity contribution >= 4 is 11.9 Å². The number of ether oxygens (including phenoxy) is 1. The summed E-state index contributed by atoms with van der Waals surface area (Å²) < 4.78 is 18.4. The second kappa shape index (κ2) is 7.77. The molecule has 1 atom stereocenters. The summed E-state index contributed by atoms with van der Waals surface area (Å²) in [7, 11) is 0. The van der Waals surface area contributed by atoms with E-state index in [9.17, 15) is 14.0 Å². The highest BCUT2D eigenvalue weighted by Gasteiger charge is 2.20.